The average Bonchev–Trinajstić information content (AvgIpc) is 2.91. The first kappa shape index (κ1) is 15.5. The number of benzene rings is 1. The van der Waals surface area contributed by atoms with E-state index in [1.165, 1.54) is 0 Å². The molecular weight excluding hydrogens is 307 g/mol. The first-order valence-corrected chi connectivity index (χ1v) is 5.75. The van der Waals surface area contributed by atoms with Crippen LogP contribution in [0, 0.1) is 15.9 Å². The zero-order chi connectivity index (χ0) is 16.4. The van der Waals surface area contributed by atoms with E-state index in [4.69, 9.17) is 0 Å². The van der Waals surface area contributed by atoms with Gasteiger partial charge < -0.3 is 4.74 Å². The van der Waals surface area contributed by atoms with Crippen molar-refractivity contribution in [3.05, 3.63) is 51.6 Å². The summed E-state index contributed by atoms with van der Waals surface area (Å²) in [5, 5.41) is 14.0. The molecule has 0 fully saturated rings. The third-order valence-corrected chi connectivity index (χ3v) is 2.74. The molecule has 0 radical (unpaired) electrons. The molecule has 0 N–H and O–H groups in total. The van der Waals surface area contributed by atoms with Crippen molar-refractivity contribution in [1.29, 1.82) is 0 Å². The average molecular weight is 315 g/mol. The van der Waals surface area contributed by atoms with Crippen LogP contribution in [0.1, 0.15) is 22.5 Å². The van der Waals surface area contributed by atoms with Crippen LogP contribution in [0.25, 0.3) is 5.69 Å². The maximum Gasteiger partial charge on any atom is 0.341 e. The number of rotatable bonds is 4. The molecule has 0 aliphatic carbocycles. The number of nitro benzene ring substituents is 1. The molecule has 116 valence electrons. The van der Waals surface area contributed by atoms with Gasteiger partial charge in [0.25, 0.3) is 12.1 Å². The quantitative estimate of drug-likeness (QED) is 0.492. The number of non-ortho nitro benzene ring substituents is 1. The fraction of sp³-hybridized carbons (Fsp3) is 0.167. The Morgan fingerprint density at radius 1 is 1.45 bits per heavy atom. The Hall–Kier alpha value is -2.91. The van der Waals surface area contributed by atoms with Gasteiger partial charge in [0, 0.05) is 12.3 Å². The van der Waals surface area contributed by atoms with Crippen molar-refractivity contribution in [2.45, 2.75) is 6.43 Å². The van der Waals surface area contributed by atoms with E-state index in [0.29, 0.717) is 10.7 Å². The maximum absolute atomic E-state index is 13.9. The van der Waals surface area contributed by atoms with E-state index in [-0.39, 0.29) is 5.69 Å². The molecule has 0 aliphatic heterocycles. The van der Waals surface area contributed by atoms with Gasteiger partial charge in [0.05, 0.1) is 18.1 Å². The fourth-order valence-corrected chi connectivity index (χ4v) is 1.73. The normalized spacial score (nSPS) is 10.8. The number of hydrogen-bond acceptors (Lipinski definition) is 5. The highest BCUT2D eigenvalue weighted by Crippen LogP contribution is 2.25. The summed E-state index contributed by atoms with van der Waals surface area (Å²) in [6, 6.07) is 2.60. The molecule has 22 heavy (non-hydrogen) atoms. The number of methoxy groups -OCH3 is 1. The Morgan fingerprint density at radius 2 is 2.14 bits per heavy atom. The van der Waals surface area contributed by atoms with E-state index in [1.54, 1.807) is 0 Å². The molecule has 0 saturated carbocycles. The van der Waals surface area contributed by atoms with Gasteiger partial charge in [0.1, 0.15) is 16.9 Å². The smallest absolute Gasteiger partial charge is 0.341 e. The topological polar surface area (TPSA) is 87.3 Å². The van der Waals surface area contributed by atoms with Crippen LogP contribution in [0.3, 0.4) is 0 Å². The van der Waals surface area contributed by atoms with Gasteiger partial charge in [-0.2, -0.15) is 5.10 Å². The van der Waals surface area contributed by atoms with Gasteiger partial charge in [-0.1, -0.05) is 0 Å². The van der Waals surface area contributed by atoms with Crippen molar-refractivity contribution in [2.24, 2.45) is 0 Å². The zero-order valence-corrected chi connectivity index (χ0v) is 11.0. The first-order chi connectivity index (χ1) is 10.3. The van der Waals surface area contributed by atoms with Crippen LogP contribution >= 0.6 is 0 Å². The molecule has 2 aromatic rings. The van der Waals surface area contributed by atoms with E-state index in [1.807, 2.05) is 0 Å². The highest BCUT2D eigenvalue weighted by atomic mass is 19.3. The number of halogens is 3. The van der Waals surface area contributed by atoms with Crippen LogP contribution in [0.5, 0.6) is 0 Å². The van der Waals surface area contributed by atoms with Crippen LogP contribution in [0.4, 0.5) is 18.9 Å². The first-order valence-electron chi connectivity index (χ1n) is 5.75. The number of aromatic nitrogens is 2. The third-order valence-electron chi connectivity index (χ3n) is 2.74. The largest absolute Gasteiger partial charge is 0.465 e. The summed E-state index contributed by atoms with van der Waals surface area (Å²) >= 11 is 0. The van der Waals surface area contributed by atoms with Crippen LogP contribution in [-0.2, 0) is 4.74 Å². The number of esters is 1. The summed E-state index contributed by atoms with van der Waals surface area (Å²) in [7, 11) is 1.00. The predicted octanol–water partition coefficient (Wildman–Crippen LogP) is 2.64. The summed E-state index contributed by atoms with van der Waals surface area (Å²) in [6.45, 7) is 0. The molecular formula is C12H8F3N3O4. The predicted molar refractivity (Wildman–Crippen MR) is 66.5 cm³/mol. The second kappa shape index (κ2) is 5.84. The molecule has 0 unspecified atom stereocenters. The van der Waals surface area contributed by atoms with Crippen LogP contribution in [0.2, 0.25) is 0 Å². The Balaban J connectivity index is 2.54. The van der Waals surface area contributed by atoms with E-state index >= 15 is 0 Å². The van der Waals surface area contributed by atoms with Gasteiger partial charge in [-0.25, -0.2) is 22.6 Å². The Morgan fingerprint density at radius 3 is 2.64 bits per heavy atom. The fourth-order valence-electron chi connectivity index (χ4n) is 1.73. The van der Waals surface area contributed by atoms with Gasteiger partial charge in [0.15, 0.2) is 5.82 Å². The Bertz CT molecular complexity index is 745. The lowest BCUT2D eigenvalue weighted by Gasteiger charge is -2.02. The van der Waals surface area contributed by atoms with Crippen LogP contribution in [0.15, 0.2) is 24.4 Å². The lowest BCUT2D eigenvalue weighted by Crippen LogP contribution is -2.03. The number of hydrogen-bond donors (Lipinski definition) is 0. The molecule has 10 heteroatoms. The van der Waals surface area contributed by atoms with E-state index in [0.717, 1.165) is 25.4 Å². The molecule has 2 rings (SSSR count). The van der Waals surface area contributed by atoms with Crippen molar-refractivity contribution in [1.82, 2.24) is 9.78 Å². The number of carbonyl (C=O) groups excluding carboxylic acids is 1. The molecule has 1 aromatic heterocycles. The highest BCUT2D eigenvalue weighted by Gasteiger charge is 2.25. The lowest BCUT2D eigenvalue weighted by atomic mass is 10.2. The van der Waals surface area contributed by atoms with Crippen molar-refractivity contribution in [3.63, 3.8) is 0 Å². The second-order valence-electron chi connectivity index (χ2n) is 4.06. The Labute approximate surface area is 121 Å². The van der Waals surface area contributed by atoms with Gasteiger partial charge in [-0.3, -0.25) is 10.1 Å². The molecule has 1 heterocycles. The van der Waals surface area contributed by atoms with Gasteiger partial charge in [-0.15, -0.1) is 0 Å². The van der Waals surface area contributed by atoms with Gasteiger partial charge in [-0.05, 0) is 6.07 Å². The molecule has 0 spiro atoms. The number of alkyl halides is 2. The minimum absolute atomic E-state index is 0.317. The monoisotopic (exact) mass is 315 g/mol. The van der Waals surface area contributed by atoms with Crippen LogP contribution in [-0.4, -0.2) is 27.8 Å². The minimum Gasteiger partial charge on any atom is -0.465 e. The van der Waals surface area contributed by atoms with Crippen molar-refractivity contribution in [3.8, 4) is 5.69 Å². The zero-order valence-electron chi connectivity index (χ0n) is 11.0. The van der Waals surface area contributed by atoms with E-state index in [2.05, 4.69) is 9.84 Å². The standard InChI is InChI=1S/C12H8F3N3O4/c1-22-12(19)7-5-17(16-10(7)11(14)15)9-3-2-6(18(20)21)4-8(9)13/h2-5,11H,1H3. The second-order valence-corrected chi connectivity index (χ2v) is 4.06. The van der Waals surface area contributed by atoms with Crippen LogP contribution < -0.4 is 0 Å². The molecule has 7 nitrogen and oxygen atoms in total. The summed E-state index contributed by atoms with van der Waals surface area (Å²) in [5.74, 6) is -2.10. The number of carbonyl (C=O) groups is 1. The molecule has 0 atom stereocenters. The lowest BCUT2D eigenvalue weighted by molar-refractivity contribution is -0.385. The van der Waals surface area contributed by atoms with Crippen molar-refractivity contribution >= 4 is 11.7 Å². The highest BCUT2D eigenvalue weighted by molar-refractivity contribution is 5.90. The summed E-state index contributed by atoms with van der Waals surface area (Å²) in [4.78, 5) is 21.1. The molecule has 1 aromatic carbocycles. The molecule has 0 amide bonds. The number of nitrogens with zero attached hydrogens (tertiary/aromatic N) is 3. The summed E-state index contributed by atoms with van der Waals surface area (Å²) in [6.07, 6.45) is -2.20. The van der Waals surface area contributed by atoms with E-state index in [9.17, 15) is 28.1 Å². The molecule has 0 saturated heterocycles. The van der Waals surface area contributed by atoms with Crippen molar-refractivity contribution < 1.29 is 27.6 Å². The summed E-state index contributed by atoms with van der Waals surface area (Å²) in [5.41, 5.74) is -2.21. The Kier molecular flexibility index (Phi) is 4.11. The third kappa shape index (κ3) is 2.75. The minimum atomic E-state index is -3.07. The van der Waals surface area contributed by atoms with Gasteiger partial charge in [0.2, 0.25) is 0 Å². The van der Waals surface area contributed by atoms with E-state index < -0.39 is 40.1 Å². The van der Waals surface area contributed by atoms with Gasteiger partial charge >= 0.3 is 5.97 Å². The summed E-state index contributed by atoms with van der Waals surface area (Å²) < 4.78 is 44.6. The number of ether oxygens (including phenoxy) is 1. The van der Waals surface area contributed by atoms with Crippen molar-refractivity contribution in [2.75, 3.05) is 7.11 Å². The molecule has 0 aliphatic rings. The SMILES string of the molecule is COC(=O)c1cn(-c2ccc([N+](=O)[O-])cc2F)nc1C(F)F. The molecule has 0 bridgehead atoms. The number of nitro groups is 1. The maximum atomic E-state index is 13.9.